The van der Waals surface area contributed by atoms with Gasteiger partial charge < -0.3 is 9.72 Å². The van der Waals surface area contributed by atoms with Crippen molar-refractivity contribution in [3.05, 3.63) is 64.1 Å². The van der Waals surface area contributed by atoms with Crippen molar-refractivity contribution in [2.45, 2.75) is 33.1 Å². The Morgan fingerprint density at radius 1 is 1.15 bits per heavy atom. The smallest absolute Gasteiger partial charge is 0.277 e. The predicted molar refractivity (Wildman–Crippen MR) is 129 cm³/mol. The van der Waals surface area contributed by atoms with Crippen LogP contribution in [0.2, 0.25) is 0 Å². The monoisotopic (exact) mass is 461 g/mol. The normalized spacial score (nSPS) is 11.1. The number of carbonyl (C=O) groups is 1. The average Bonchev–Trinajstić information content (AvgIpc) is 3.15. The molecule has 0 saturated heterocycles. The van der Waals surface area contributed by atoms with Crippen LogP contribution < -0.4 is 15.8 Å². The van der Waals surface area contributed by atoms with Gasteiger partial charge in [0.2, 0.25) is 5.91 Å². The number of aromatic amines is 1. The minimum Gasteiger partial charge on any atom is -0.493 e. The third kappa shape index (κ3) is 4.55. The second-order valence-corrected chi connectivity index (χ2v) is 7.98. The van der Waals surface area contributed by atoms with E-state index in [9.17, 15) is 9.59 Å². The van der Waals surface area contributed by atoms with Crippen molar-refractivity contribution in [3.8, 4) is 28.3 Å². The van der Waals surface area contributed by atoms with Gasteiger partial charge in [-0.3, -0.25) is 19.5 Å². The number of fused-ring (bicyclic) bond motifs is 1. The molecule has 0 atom stereocenters. The van der Waals surface area contributed by atoms with Gasteiger partial charge in [0.15, 0.2) is 5.52 Å². The SMILES string of the molecule is CCCc1nn(C)c2c(=O)[nH]c(-c3cc(-c4ccc(CC(=O)NO)cc4)ccc3OCC)nc12. The molecule has 1 amide bonds. The van der Waals surface area contributed by atoms with Gasteiger partial charge in [-0.1, -0.05) is 43.7 Å². The summed E-state index contributed by atoms with van der Waals surface area (Å²) in [6, 6.07) is 13.2. The topological polar surface area (TPSA) is 122 Å². The Kier molecular flexibility index (Phi) is 6.74. The highest BCUT2D eigenvalue weighted by molar-refractivity contribution is 5.81. The minimum absolute atomic E-state index is 0.0850. The van der Waals surface area contributed by atoms with Crippen LogP contribution in [0, 0.1) is 0 Å². The fourth-order valence-corrected chi connectivity index (χ4v) is 4.00. The van der Waals surface area contributed by atoms with Crippen molar-refractivity contribution in [1.29, 1.82) is 0 Å². The van der Waals surface area contributed by atoms with E-state index in [2.05, 4.69) is 17.0 Å². The number of hydrogen-bond acceptors (Lipinski definition) is 6. The molecular formula is C25H27N5O4. The molecule has 9 nitrogen and oxygen atoms in total. The van der Waals surface area contributed by atoms with Gasteiger partial charge in [-0.25, -0.2) is 10.5 Å². The molecular weight excluding hydrogens is 434 g/mol. The zero-order valence-electron chi connectivity index (χ0n) is 19.4. The molecule has 0 aliphatic carbocycles. The molecule has 176 valence electrons. The summed E-state index contributed by atoms with van der Waals surface area (Å²) in [5, 5.41) is 13.2. The molecule has 0 spiro atoms. The lowest BCUT2D eigenvalue weighted by Crippen LogP contribution is -2.20. The Labute approximate surface area is 196 Å². The summed E-state index contributed by atoms with van der Waals surface area (Å²) in [7, 11) is 1.75. The van der Waals surface area contributed by atoms with Crippen LogP contribution in [0.25, 0.3) is 33.5 Å². The summed E-state index contributed by atoms with van der Waals surface area (Å²) in [5.74, 6) is 0.565. The molecule has 2 aromatic heterocycles. The number of nitrogens with one attached hydrogen (secondary N) is 2. The summed E-state index contributed by atoms with van der Waals surface area (Å²) in [4.78, 5) is 32.0. The number of hydrogen-bond donors (Lipinski definition) is 3. The fourth-order valence-electron chi connectivity index (χ4n) is 4.00. The number of amides is 1. The number of nitrogens with zero attached hydrogens (tertiary/aromatic N) is 3. The van der Waals surface area contributed by atoms with Gasteiger partial charge in [0.05, 0.1) is 24.3 Å². The van der Waals surface area contributed by atoms with Gasteiger partial charge in [0.25, 0.3) is 5.56 Å². The Morgan fingerprint density at radius 2 is 1.88 bits per heavy atom. The Hall–Kier alpha value is -3.98. The first-order chi connectivity index (χ1) is 16.4. The van der Waals surface area contributed by atoms with Gasteiger partial charge >= 0.3 is 0 Å². The van der Waals surface area contributed by atoms with Crippen LogP contribution >= 0.6 is 0 Å². The molecule has 4 rings (SSSR count). The molecule has 3 N–H and O–H groups in total. The summed E-state index contributed by atoms with van der Waals surface area (Å²) < 4.78 is 7.42. The van der Waals surface area contributed by atoms with Crippen molar-refractivity contribution in [1.82, 2.24) is 25.2 Å². The van der Waals surface area contributed by atoms with Gasteiger partial charge in [-0.15, -0.1) is 0 Å². The number of ether oxygens (including phenoxy) is 1. The molecule has 2 aromatic carbocycles. The summed E-state index contributed by atoms with van der Waals surface area (Å²) in [6.45, 7) is 4.43. The molecule has 0 aliphatic heterocycles. The molecule has 0 bridgehead atoms. The maximum Gasteiger partial charge on any atom is 0.277 e. The van der Waals surface area contributed by atoms with E-state index in [1.54, 1.807) is 17.2 Å². The predicted octanol–water partition coefficient (Wildman–Crippen LogP) is 3.39. The summed E-state index contributed by atoms with van der Waals surface area (Å²) in [5.41, 5.74) is 6.51. The second kappa shape index (κ2) is 9.88. The fraction of sp³-hybridized carbons (Fsp3) is 0.280. The second-order valence-electron chi connectivity index (χ2n) is 7.98. The molecule has 2 heterocycles. The Bertz CT molecular complexity index is 1390. The standard InChI is InChI=1S/C25H27N5O4/c1-4-6-19-22-23(30(3)28-19)25(32)27-24(26-22)18-14-17(11-12-20(18)34-5-2)16-9-7-15(8-10-16)13-21(31)29-33/h7-12,14,33H,4-6,13H2,1-3H3,(H,29,31)(H,26,27,32). The van der Waals surface area contributed by atoms with Crippen LogP contribution in [0.3, 0.4) is 0 Å². The maximum absolute atomic E-state index is 12.9. The summed E-state index contributed by atoms with van der Waals surface area (Å²) >= 11 is 0. The van der Waals surface area contributed by atoms with Crippen molar-refractivity contribution in [2.24, 2.45) is 7.05 Å². The molecule has 34 heavy (non-hydrogen) atoms. The largest absolute Gasteiger partial charge is 0.493 e. The number of aromatic nitrogens is 4. The van der Waals surface area contributed by atoms with E-state index in [1.807, 2.05) is 49.4 Å². The van der Waals surface area contributed by atoms with E-state index < -0.39 is 5.91 Å². The molecule has 0 radical (unpaired) electrons. The molecule has 0 fully saturated rings. The first-order valence-corrected chi connectivity index (χ1v) is 11.2. The van der Waals surface area contributed by atoms with Crippen LogP contribution in [0.4, 0.5) is 0 Å². The van der Waals surface area contributed by atoms with Crippen LogP contribution in [0.15, 0.2) is 47.3 Å². The molecule has 4 aromatic rings. The zero-order valence-corrected chi connectivity index (χ0v) is 19.4. The molecule has 0 unspecified atom stereocenters. The van der Waals surface area contributed by atoms with Gasteiger partial charge in [-0.05, 0) is 42.2 Å². The van der Waals surface area contributed by atoms with Crippen LogP contribution in [0.5, 0.6) is 5.75 Å². The van der Waals surface area contributed by atoms with E-state index in [0.717, 1.165) is 35.2 Å². The number of H-pyrrole nitrogens is 1. The highest BCUT2D eigenvalue weighted by atomic mass is 16.5. The number of hydroxylamine groups is 1. The van der Waals surface area contributed by atoms with Gasteiger partial charge in [0, 0.05) is 7.05 Å². The summed E-state index contributed by atoms with van der Waals surface area (Å²) in [6.07, 6.45) is 1.71. The quantitative estimate of drug-likeness (QED) is 0.273. The zero-order chi connectivity index (χ0) is 24.2. The van der Waals surface area contributed by atoms with E-state index in [-0.39, 0.29) is 12.0 Å². The van der Waals surface area contributed by atoms with Gasteiger partial charge in [-0.2, -0.15) is 5.10 Å². The number of rotatable bonds is 8. The van der Waals surface area contributed by atoms with Crippen molar-refractivity contribution >= 4 is 16.9 Å². The lowest BCUT2D eigenvalue weighted by molar-refractivity contribution is -0.128. The van der Waals surface area contributed by atoms with Gasteiger partial charge in [0.1, 0.15) is 17.1 Å². The number of benzene rings is 2. The lowest BCUT2D eigenvalue weighted by atomic mass is 10.00. The van der Waals surface area contributed by atoms with Crippen LogP contribution in [-0.2, 0) is 24.7 Å². The van der Waals surface area contributed by atoms with E-state index in [1.165, 1.54) is 0 Å². The maximum atomic E-state index is 12.9. The lowest BCUT2D eigenvalue weighted by Gasteiger charge is -2.13. The third-order valence-electron chi connectivity index (χ3n) is 5.56. The number of carbonyl (C=O) groups excluding carboxylic acids is 1. The van der Waals surface area contributed by atoms with E-state index >= 15 is 0 Å². The Balaban J connectivity index is 1.81. The third-order valence-corrected chi connectivity index (χ3v) is 5.56. The highest BCUT2D eigenvalue weighted by Crippen LogP contribution is 2.33. The van der Waals surface area contributed by atoms with Crippen molar-refractivity contribution in [2.75, 3.05) is 6.61 Å². The number of aryl methyl sites for hydroxylation is 2. The average molecular weight is 462 g/mol. The van der Waals surface area contributed by atoms with Crippen molar-refractivity contribution in [3.63, 3.8) is 0 Å². The van der Waals surface area contributed by atoms with Crippen LogP contribution in [-0.4, -0.2) is 37.5 Å². The first-order valence-electron chi connectivity index (χ1n) is 11.2. The Morgan fingerprint density at radius 3 is 2.56 bits per heavy atom. The van der Waals surface area contributed by atoms with E-state index in [0.29, 0.717) is 34.8 Å². The van der Waals surface area contributed by atoms with Crippen molar-refractivity contribution < 1.29 is 14.7 Å². The molecule has 0 aliphatic rings. The molecule has 9 heteroatoms. The first kappa shape index (κ1) is 23.2. The highest BCUT2D eigenvalue weighted by Gasteiger charge is 2.18. The minimum atomic E-state index is -0.473. The molecule has 0 saturated carbocycles. The van der Waals surface area contributed by atoms with E-state index in [4.69, 9.17) is 14.9 Å². The van der Waals surface area contributed by atoms with Crippen LogP contribution in [0.1, 0.15) is 31.5 Å².